The minimum absolute atomic E-state index is 0.205. The van der Waals surface area contributed by atoms with Crippen molar-refractivity contribution in [2.75, 3.05) is 24.6 Å². The van der Waals surface area contributed by atoms with Crippen LogP contribution in [0.3, 0.4) is 0 Å². The predicted octanol–water partition coefficient (Wildman–Crippen LogP) is 4.17. The standard InChI is InChI=1S/C20H29N4O2P/c1-13-7-8-22-27(26,12-13)19(17-5-6-18(25)14(2)9-17)11-21-20-23-15(3)10-16(4)24-20/h5-6,9-10,13,19,25H,7-8,11-12H2,1-4H3,(H,22,26)(H,21,23,24)/t13-,19?,27?/m1/s1. The normalized spacial score (nSPS) is 23.8. The van der Waals surface area contributed by atoms with Gasteiger partial charge in [0.1, 0.15) is 5.75 Å². The molecule has 27 heavy (non-hydrogen) atoms. The first-order chi connectivity index (χ1) is 12.8. The van der Waals surface area contributed by atoms with Gasteiger partial charge in [-0.25, -0.2) is 9.97 Å². The summed E-state index contributed by atoms with van der Waals surface area (Å²) < 4.78 is 13.8. The first kappa shape index (κ1) is 19.8. The number of nitrogens with zero attached hydrogens (tertiary/aromatic N) is 2. The maximum atomic E-state index is 13.8. The third-order valence-corrected chi connectivity index (χ3v) is 8.56. The quantitative estimate of drug-likeness (QED) is 0.667. The summed E-state index contributed by atoms with van der Waals surface area (Å²) in [4.78, 5) is 8.88. The maximum Gasteiger partial charge on any atom is 0.223 e. The van der Waals surface area contributed by atoms with Crippen molar-refractivity contribution in [3.63, 3.8) is 0 Å². The fraction of sp³-hybridized carbons (Fsp3) is 0.500. The Balaban J connectivity index is 1.91. The lowest BCUT2D eigenvalue weighted by molar-refractivity contribution is 0.470. The minimum Gasteiger partial charge on any atom is -0.508 e. The number of aryl methyl sites for hydroxylation is 3. The van der Waals surface area contributed by atoms with Crippen LogP contribution in [0.1, 0.15) is 41.5 Å². The summed E-state index contributed by atoms with van der Waals surface area (Å²) >= 11 is 0. The molecule has 1 aliphatic rings. The fourth-order valence-electron chi connectivity index (χ4n) is 3.74. The smallest absolute Gasteiger partial charge is 0.223 e. The zero-order valence-electron chi connectivity index (χ0n) is 16.5. The van der Waals surface area contributed by atoms with E-state index in [1.807, 2.05) is 39.0 Å². The average Bonchev–Trinajstić information content (AvgIpc) is 2.57. The molecule has 2 unspecified atom stereocenters. The topological polar surface area (TPSA) is 87.1 Å². The molecule has 2 heterocycles. The van der Waals surface area contributed by atoms with Crippen LogP contribution in [0.4, 0.5) is 5.95 Å². The monoisotopic (exact) mass is 388 g/mol. The van der Waals surface area contributed by atoms with Crippen LogP contribution in [0, 0.1) is 26.7 Å². The van der Waals surface area contributed by atoms with Crippen molar-refractivity contribution in [1.82, 2.24) is 15.1 Å². The van der Waals surface area contributed by atoms with Gasteiger partial charge in [-0.15, -0.1) is 0 Å². The van der Waals surface area contributed by atoms with E-state index >= 15 is 0 Å². The van der Waals surface area contributed by atoms with Gasteiger partial charge in [0.05, 0.1) is 5.66 Å². The molecule has 0 saturated carbocycles. The molecule has 3 atom stereocenters. The molecule has 3 N–H and O–H groups in total. The second-order valence-corrected chi connectivity index (χ2v) is 10.6. The zero-order valence-corrected chi connectivity index (χ0v) is 17.4. The number of aromatic hydroxyl groups is 1. The van der Waals surface area contributed by atoms with E-state index in [1.54, 1.807) is 6.07 Å². The summed E-state index contributed by atoms with van der Waals surface area (Å²) in [6, 6.07) is 7.42. The van der Waals surface area contributed by atoms with Crippen LogP contribution >= 0.6 is 7.29 Å². The maximum absolute atomic E-state index is 13.8. The molecular weight excluding hydrogens is 359 g/mol. The van der Waals surface area contributed by atoms with Crippen molar-refractivity contribution in [3.8, 4) is 5.75 Å². The van der Waals surface area contributed by atoms with Gasteiger partial charge in [-0.2, -0.15) is 0 Å². The fourth-order valence-corrected chi connectivity index (χ4v) is 6.99. The molecule has 7 heteroatoms. The highest BCUT2D eigenvalue weighted by Crippen LogP contribution is 2.58. The molecule has 6 nitrogen and oxygen atoms in total. The second-order valence-electron chi connectivity index (χ2n) is 7.70. The lowest BCUT2D eigenvalue weighted by Crippen LogP contribution is -2.31. The van der Waals surface area contributed by atoms with E-state index in [0.29, 0.717) is 24.6 Å². The van der Waals surface area contributed by atoms with E-state index in [9.17, 15) is 9.67 Å². The molecule has 0 bridgehead atoms. The lowest BCUT2D eigenvalue weighted by Gasteiger charge is -2.35. The number of nitrogens with one attached hydrogen (secondary N) is 2. The molecule has 0 amide bonds. The third kappa shape index (κ3) is 4.69. The van der Waals surface area contributed by atoms with E-state index in [2.05, 4.69) is 27.3 Å². The summed E-state index contributed by atoms with van der Waals surface area (Å²) in [7, 11) is -2.65. The van der Waals surface area contributed by atoms with E-state index in [0.717, 1.165) is 35.5 Å². The lowest BCUT2D eigenvalue weighted by atomic mass is 10.1. The predicted molar refractivity (Wildman–Crippen MR) is 110 cm³/mol. The number of phenolic OH excluding ortho intramolecular Hbond substituents is 1. The molecular formula is C20H29N4O2P. The van der Waals surface area contributed by atoms with E-state index in [1.165, 1.54) is 0 Å². The molecule has 146 valence electrons. The molecule has 1 saturated heterocycles. The number of phenols is 1. The van der Waals surface area contributed by atoms with Gasteiger partial charge in [-0.05, 0) is 56.4 Å². The molecule has 1 fully saturated rings. The van der Waals surface area contributed by atoms with Crippen molar-refractivity contribution >= 4 is 13.2 Å². The first-order valence-corrected chi connectivity index (χ1v) is 11.4. The number of benzene rings is 1. The molecule has 2 aromatic rings. The van der Waals surface area contributed by atoms with Gasteiger partial charge < -0.3 is 15.0 Å². The van der Waals surface area contributed by atoms with Gasteiger partial charge in [0.25, 0.3) is 0 Å². The highest BCUT2D eigenvalue weighted by molar-refractivity contribution is 7.62. The molecule has 1 aromatic carbocycles. The average molecular weight is 388 g/mol. The van der Waals surface area contributed by atoms with Crippen LogP contribution in [-0.4, -0.2) is 34.3 Å². The number of hydrogen-bond acceptors (Lipinski definition) is 5. The van der Waals surface area contributed by atoms with Gasteiger partial charge in [-0.1, -0.05) is 19.1 Å². The van der Waals surface area contributed by atoms with Crippen molar-refractivity contribution in [2.45, 2.75) is 39.8 Å². The Morgan fingerprint density at radius 3 is 2.59 bits per heavy atom. The highest BCUT2D eigenvalue weighted by Gasteiger charge is 2.37. The number of aromatic nitrogens is 2. The van der Waals surface area contributed by atoms with E-state index in [-0.39, 0.29) is 11.4 Å². The number of anilines is 1. The first-order valence-electron chi connectivity index (χ1n) is 9.46. The Labute approximate surface area is 161 Å². The SMILES string of the molecule is Cc1cc(C)nc(NCC(c2ccc(O)c(C)c2)P2(=O)C[C@H](C)CCN2)n1. The third-order valence-electron chi connectivity index (χ3n) is 5.14. The van der Waals surface area contributed by atoms with Gasteiger partial charge in [0, 0.05) is 30.6 Å². The minimum atomic E-state index is -2.65. The zero-order chi connectivity index (χ0) is 19.6. The van der Waals surface area contributed by atoms with Crippen LogP contribution in [0.15, 0.2) is 24.3 Å². The summed E-state index contributed by atoms with van der Waals surface area (Å²) in [5.41, 5.74) is 3.35. The molecule has 3 rings (SSSR count). The van der Waals surface area contributed by atoms with Crippen molar-refractivity contribution in [3.05, 3.63) is 46.8 Å². The Kier molecular flexibility index (Phi) is 5.87. The van der Waals surface area contributed by atoms with Crippen molar-refractivity contribution in [1.29, 1.82) is 0 Å². The Bertz CT molecular complexity index is 851. The summed E-state index contributed by atoms with van der Waals surface area (Å²) in [6.45, 7) is 9.15. The van der Waals surface area contributed by atoms with Crippen LogP contribution < -0.4 is 10.4 Å². The summed E-state index contributed by atoms with van der Waals surface area (Å²) in [6.07, 6.45) is 1.71. The van der Waals surface area contributed by atoms with Gasteiger partial charge in [-0.3, -0.25) is 5.09 Å². The summed E-state index contributed by atoms with van der Waals surface area (Å²) in [5.74, 6) is 1.24. The summed E-state index contributed by atoms with van der Waals surface area (Å²) in [5, 5.41) is 16.5. The van der Waals surface area contributed by atoms with E-state index < -0.39 is 7.29 Å². The largest absolute Gasteiger partial charge is 0.508 e. The molecule has 1 aromatic heterocycles. The van der Waals surface area contributed by atoms with Gasteiger partial charge in [0.15, 0.2) is 7.29 Å². The van der Waals surface area contributed by atoms with Crippen LogP contribution in [0.5, 0.6) is 5.75 Å². The van der Waals surface area contributed by atoms with Crippen LogP contribution in [0.2, 0.25) is 0 Å². The van der Waals surface area contributed by atoms with Crippen LogP contribution in [-0.2, 0) is 4.57 Å². The second kappa shape index (κ2) is 7.99. The Hall–Kier alpha value is -1.91. The van der Waals surface area contributed by atoms with Crippen molar-refractivity contribution in [2.24, 2.45) is 5.92 Å². The Morgan fingerprint density at radius 2 is 1.96 bits per heavy atom. The number of rotatable bonds is 5. The highest BCUT2D eigenvalue weighted by atomic mass is 31.2. The molecule has 0 radical (unpaired) electrons. The van der Waals surface area contributed by atoms with Crippen molar-refractivity contribution < 1.29 is 9.67 Å². The molecule has 1 aliphatic heterocycles. The number of hydrogen-bond donors (Lipinski definition) is 3. The van der Waals surface area contributed by atoms with Gasteiger partial charge >= 0.3 is 0 Å². The molecule has 0 spiro atoms. The van der Waals surface area contributed by atoms with Gasteiger partial charge in [0.2, 0.25) is 5.95 Å². The molecule has 0 aliphatic carbocycles. The van der Waals surface area contributed by atoms with Crippen LogP contribution in [0.25, 0.3) is 0 Å². The Morgan fingerprint density at radius 1 is 1.26 bits per heavy atom. The van der Waals surface area contributed by atoms with E-state index in [4.69, 9.17) is 0 Å².